The maximum Gasteiger partial charge on any atom is 0.257 e. The van der Waals surface area contributed by atoms with Gasteiger partial charge in [-0.3, -0.25) is 4.79 Å². The summed E-state index contributed by atoms with van der Waals surface area (Å²) in [4.78, 5) is 19.4. The average molecular weight is 308 g/mol. The zero-order valence-corrected chi connectivity index (χ0v) is 12.8. The number of aromatic nitrogens is 3. The topological polar surface area (TPSA) is 92.4 Å². The normalized spacial score (nSPS) is 22.0. The molecule has 1 aliphatic heterocycles. The SMILES string of the molecule is Cc1noc([C@H]2C[C@@H](O)CN2C(=O)c2c(C)nsc2C)n1. The van der Waals surface area contributed by atoms with E-state index in [0.29, 0.717) is 29.4 Å². The second-order valence-corrected chi connectivity index (χ2v) is 6.22. The molecule has 0 spiro atoms. The maximum atomic E-state index is 12.8. The second kappa shape index (κ2) is 5.19. The number of aryl methyl sites for hydroxylation is 3. The molecule has 8 heteroatoms. The minimum Gasteiger partial charge on any atom is -0.391 e. The third kappa shape index (κ3) is 2.44. The van der Waals surface area contributed by atoms with E-state index in [1.165, 1.54) is 11.5 Å². The first-order chi connectivity index (χ1) is 9.97. The van der Waals surface area contributed by atoms with E-state index in [2.05, 4.69) is 14.5 Å². The Morgan fingerprint density at radius 2 is 2.19 bits per heavy atom. The van der Waals surface area contributed by atoms with Gasteiger partial charge in [-0.05, 0) is 32.3 Å². The van der Waals surface area contributed by atoms with Crippen LogP contribution >= 0.6 is 11.5 Å². The summed E-state index contributed by atoms with van der Waals surface area (Å²) in [5, 5.41) is 13.7. The number of amides is 1. The van der Waals surface area contributed by atoms with Crippen molar-refractivity contribution in [2.24, 2.45) is 0 Å². The standard InChI is InChI=1S/C13H16N4O3S/c1-6-11(7(2)21-16-6)13(19)17-5-9(18)4-10(17)12-14-8(3)15-20-12/h9-10,18H,4-5H2,1-3H3/t9-,10-/m1/s1. The molecule has 112 valence electrons. The van der Waals surface area contributed by atoms with Gasteiger partial charge < -0.3 is 14.5 Å². The van der Waals surface area contributed by atoms with E-state index >= 15 is 0 Å². The fourth-order valence-corrected chi connectivity index (χ4v) is 3.34. The van der Waals surface area contributed by atoms with Gasteiger partial charge in [0.05, 0.1) is 17.4 Å². The third-order valence-corrected chi connectivity index (χ3v) is 4.46. The minimum atomic E-state index is -0.585. The highest BCUT2D eigenvalue weighted by Gasteiger charge is 2.40. The Morgan fingerprint density at radius 1 is 1.43 bits per heavy atom. The first kappa shape index (κ1) is 14.2. The van der Waals surface area contributed by atoms with Crippen molar-refractivity contribution in [2.45, 2.75) is 39.3 Å². The van der Waals surface area contributed by atoms with Gasteiger partial charge in [-0.2, -0.15) is 9.36 Å². The summed E-state index contributed by atoms with van der Waals surface area (Å²) in [5.74, 6) is 0.746. The molecule has 2 atom stereocenters. The van der Waals surface area contributed by atoms with Gasteiger partial charge in [0.1, 0.15) is 6.04 Å². The van der Waals surface area contributed by atoms with Crippen LogP contribution in [0.3, 0.4) is 0 Å². The van der Waals surface area contributed by atoms with Crippen molar-refractivity contribution in [1.29, 1.82) is 0 Å². The Kier molecular flexibility index (Phi) is 3.50. The number of carbonyl (C=O) groups is 1. The van der Waals surface area contributed by atoms with Crippen molar-refractivity contribution in [3.63, 3.8) is 0 Å². The highest BCUT2D eigenvalue weighted by atomic mass is 32.1. The van der Waals surface area contributed by atoms with Crippen LogP contribution in [-0.2, 0) is 0 Å². The Morgan fingerprint density at radius 3 is 2.76 bits per heavy atom. The molecule has 1 amide bonds. The van der Waals surface area contributed by atoms with Crippen LogP contribution in [0, 0.1) is 20.8 Å². The maximum absolute atomic E-state index is 12.8. The summed E-state index contributed by atoms with van der Waals surface area (Å²) in [6.45, 7) is 5.67. The molecular weight excluding hydrogens is 292 g/mol. The molecule has 2 aromatic rings. The minimum absolute atomic E-state index is 0.142. The molecule has 1 N–H and O–H groups in total. The van der Waals surface area contributed by atoms with E-state index in [-0.39, 0.29) is 18.5 Å². The summed E-state index contributed by atoms with van der Waals surface area (Å²) < 4.78 is 9.39. The monoisotopic (exact) mass is 308 g/mol. The highest BCUT2D eigenvalue weighted by Crippen LogP contribution is 2.33. The Hall–Kier alpha value is -1.80. The predicted molar refractivity (Wildman–Crippen MR) is 75.0 cm³/mol. The van der Waals surface area contributed by atoms with Crippen LogP contribution in [0.15, 0.2) is 4.52 Å². The first-order valence-corrected chi connectivity index (χ1v) is 7.46. The Bertz CT molecular complexity index is 661. The van der Waals surface area contributed by atoms with E-state index in [1.807, 2.05) is 13.8 Å². The smallest absolute Gasteiger partial charge is 0.257 e. The van der Waals surface area contributed by atoms with Gasteiger partial charge in [-0.25, -0.2) is 0 Å². The summed E-state index contributed by atoms with van der Waals surface area (Å²) >= 11 is 1.31. The van der Waals surface area contributed by atoms with Gasteiger partial charge in [0.15, 0.2) is 5.82 Å². The van der Waals surface area contributed by atoms with Crippen LogP contribution in [0.25, 0.3) is 0 Å². The number of aliphatic hydroxyl groups excluding tert-OH is 1. The van der Waals surface area contributed by atoms with Crippen molar-refractivity contribution < 1.29 is 14.4 Å². The number of β-amino-alcohol motifs (C(OH)–C–C–N with tert-alkyl or cyclic N) is 1. The highest BCUT2D eigenvalue weighted by molar-refractivity contribution is 7.06. The molecular formula is C13H16N4O3S. The summed E-state index contributed by atoms with van der Waals surface area (Å²) in [6, 6.07) is -0.382. The van der Waals surface area contributed by atoms with Crippen LogP contribution in [-0.4, -0.2) is 43.1 Å². The van der Waals surface area contributed by atoms with E-state index < -0.39 is 6.10 Å². The van der Waals surface area contributed by atoms with E-state index in [9.17, 15) is 9.90 Å². The van der Waals surface area contributed by atoms with Gasteiger partial charge in [0, 0.05) is 17.8 Å². The predicted octanol–water partition coefficient (Wildman–Crippen LogP) is 1.40. The molecule has 3 rings (SSSR count). The van der Waals surface area contributed by atoms with Crippen LogP contribution in [0.2, 0.25) is 0 Å². The molecule has 0 unspecified atom stereocenters. The number of carbonyl (C=O) groups excluding carboxylic acids is 1. The van der Waals surface area contributed by atoms with Crippen LogP contribution < -0.4 is 0 Å². The number of hydrogen-bond donors (Lipinski definition) is 1. The van der Waals surface area contributed by atoms with Gasteiger partial charge in [0.25, 0.3) is 5.91 Å². The van der Waals surface area contributed by atoms with Gasteiger partial charge in [0.2, 0.25) is 5.89 Å². The summed E-state index contributed by atoms with van der Waals surface area (Å²) in [5.41, 5.74) is 1.32. The Balaban J connectivity index is 1.94. The lowest BCUT2D eigenvalue weighted by Crippen LogP contribution is -2.32. The van der Waals surface area contributed by atoms with Crippen molar-refractivity contribution in [2.75, 3.05) is 6.54 Å². The van der Waals surface area contributed by atoms with Crippen LogP contribution in [0.4, 0.5) is 0 Å². The molecule has 1 fully saturated rings. The third-order valence-electron chi connectivity index (χ3n) is 3.62. The zero-order chi connectivity index (χ0) is 15.1. The first-order valence-electron chi connectivity index (χ1n) is 6.69. The largest absolute Gasteiger partial charge is 0.391 e. The van der Waals surface area contributed by atoms with Crippen molar-refractivity contribution in [1.82, 2.24) is 19.4 Å². The van der Waals surface area contributed by atoms with E-state index in [0.717, 1.165) is 4.88 Å². The molecule has 0 aliphatic carbocycles. The quantitative estimate of drug-likeness (QED) is 0.901. The molecule has 21 heavy (non-hydrogen) atoms. The summed E-state index contributed by atoms with van der Waals surface area (Å²) in [7, 11) is 0. The fourth-order valence-electron chi connectivity index (χ4n) is 2.65. The molecule has 2 aromatic heterocycles. The lowest BCUT2D eigenvalue weighted by molar-refractivity contribution is 0.0692. The van der Waals surface area contributed by atoms with Crippen molar-refractivity contribution in [3.8, 4) is 0 Å². The molecule has 3 heterocycles. The van der Waals surface area contributed by atoms with Crippen LogP contribution in [0.5, 0.6) is 0 Å². The lowest BCUT2D eigenvalue weighted by atomic mass is 10.1. The van der Waals surface area contributed by atoms with Gasteiger partial charge in [-0.15, -0.1) is 0 Å². The lowest BCUT2D eigenvalue weighted by Gasteiger charge is -2.21. The molecule has 0 saturated carbocycles. The number of rotatable bonds is 2. The fraction of sp³-hybridized carbons (Fsp3) is 0.538. The van der Waals surface area contributed by atoms with Gasteiger partial charge in [-0.1, -0.05) is 5.16 Å². The molecule has 1 saturated heterocycles. The molecule has 0 aromatic carbocycles. The Labute approximate surface area is 125 Å². The molecule has 0 radical (unpaired) electrons. The van der Waals surface area contributed by atoms with Crippen molar-refractivity contribution >= 4 is 17.4 Å². The number of aliphatic hydroxyl groups is 1. The average Bonchev–Trinajstić information content (AvgIpc) is 3.09. The van der Waals surface area contributed by atoms with Crippen LogP contribution in [0.1, 0.15) is 45.1 Å². The van der Waals surface area contributed by atoms with E-state index in [1.54, 1.807) is 11.8 Å². The molecule has 7 nitrogen and oxygen atoms in total. The molecule has 0 bridgehead atoms. The number of hydrogen-bond acceptors (Lipinski definition) is 7. The summed E-state index contributed by atoms with van der Waals surface area (Å²) in [6.07, 6.45) is -0.179. The second-order valence-electron chi connectivity index (χ2n) is 5.24. The van der Waals surface area contributed by atoms with E-state index in [4.69, 9.17) is 4.52 Å². The molecule has 1 aliphatic rings. The number of likely N-dealkylation sites (tertiary alicyclic amines) is 1. The van der Waals surface area contributed by atoms with Crippen molar-refractivity contribution in [3.05, 3.63) is 27.8 Å². The van der Waals surface area contributed by atoms with Gasteiger partial charge >= 0.3 is 0 Å². The zero-order valence-electron chi connectivity index (χ0n) is 12.0. The number of nitrogens with zero attached hydrogens (tertiary/aromatic N) is 4.